The average molecular weight is 364 g/mol. The molecule has 1 aromatic carbocycles. The van der Waals surface area contributed by atoms with Crippen molar-refractivity contribution >= 4 is 5.95 Å². The van der Waals surface area contributed by atoms with Crippen molar-refractivity contribution in [1.29, 1.82) is 0 Å². The minimum absolute atomic E-state index is 0.357. The Hall–Kier alpha value is -2.93. The van der Waals surface area contributed by atoms with Crippen molar-refractivity contribution < 1.29 is 4.74 Å². The highest BCUT2D eigenvalue weighted by molar-refractivity contribution is 5.45. The maximum atomic E-state index is 5.73. The number of piperidine rings is 1. The van der Waals surface area contributed by atoms with Gasteiger partial charge in [-0.15, -0.1) is 0 Å². The number of ether oxygens (including phenoxy) is 1. The topological polar surface area (TPSA) is 82.1 Å². The lowest BCUT2D eigenvalue weighted by Crippen LogP contribution is -2.33. The molecule has 2 aromatic heterocycles. The molecule has 7 nitrogen and oxygen atoms in total. The van der Waals surface area contributed by atoms with E-state index in [-0.39, 0.29) is 0 Å². The quantitative estimate of drug-likeness (QED) is 0.749. The smallest absolute Gasteiger partial charge is 0.220 e. The van der Waals surface area contributed by atoms with Crippen LogP contribution in [0.2, 0.25) is 0 Å². The Bertz CT molecular complexity index is 887. The van der Waals surface area contributed by atoms with Gasteiger partial charge in [0.1, 0.15) is 5.75 Å². The second kappa shape index (κ2) is 7.75. The number of anilines is 1. The lowest BCUT2D eigenvalue weighted by molar-refractivity contribution is 0.203. The first-order chi connectivity index (χ1) is 13.2. The predicted molar refractivity (Wildman–Crippen MR) is 104 cm³/mol. The molecule has 3 heterocycles. The molecule has 0 spiro atoms. The lowest BCUT2D eigenvalue weighted by atomic mass is 9.93. The van der Waals surface area contributed by atoms with Crippen molar-refractivity contribution in [2.45, 2.75) is 25.3 Å². The summed E-state index contributed by atoms with van der Waals surface area (Å²) in [5.41, 5.74) is 9.09. The van der Waals surface area contributed by atoms with E-state index in [1.54, 1.807) is 19.5 Å². The number of hydrogen-bond donors (Lipinski definition) is 1. The number of rotatable bonds is 5. The molecule has 0 unspecified atom stereocenters. The minimum atomic E-state index is 0.357. The van der Waals surface area contributed by atoms with Gasteiger partial charge in [-0.3, -0.25) is 4.90 Å². The van der Waals surface area contributed by atoms with Crippen molar-refractivity contribution in [2.75, 3.05) is 25.9 Å². The summed E-state index contributed by atoms with van der Waals surface area (Å²) in [6.07, 6.45) is 7.65. The zero-order valence-corrected chi connectivity index (χ0v) is 15.5. The highest BCUT2D eigenvalue weighted by Gasteiger charge is 2.23. The number of nitrogens with two attached hydrogens (primary N) is 1. The van der Waals surface area contributed by atoms with E-state index in [9.17, 15) is 0 Å². The Morgan fingerprint density at radius 2 is 2.04 bits per heavy atom. The zero-order valence-electron chi connectivity index (χ0n) is 15.5. The molecular weight excluding hydrogens is 340 g/mol. The fraction of sp³-hybridized carbons (Fsp3) is 0.350. The Morgan fingerprint density at radius 1 is 1.19 bits per heavy atom. The van der Waals surface area contributed by atoms with Crippen molar-refractivity contribution in [1.82, 2.24) is 24.6 Å². The normalized spacial score (nSPS) is 15.7. The van der Waals surface area contributed by atoms with Crippen LogP contribution >= 0.6 is 0 Å². The summed E-state index contributed by atoms with van der Waals surface area (Å²) in [6, 6.07) is 10.1. The van der Waals surface area contributed by atoms with Gasteiger partial charge in [0.25, 0.3) is 0 Å². The van der Waals surface area contributed by atoms with E-state index in [4.69, 9.17) is 10.5 Å². The number of nitrogens with zero attached hydrogens (tertiary/aromatic N) is 5. The van der Waals surface area contributed by atoms with Gasteiger partial charge in [0.05, 0.1) is 12.8 Å². The molecule has 0 radical (unpaired) electrons. The van der Waals surface area contributed by atoms with Crippen molar-refractivity contribution in [3.63, 3.8) is 0 Å². The first kappa shape index (κ1) is 17.5. The summed E-state index contributed by atoms with van der Waals surface area (Å²) in [6.45, 7) is 2.90. The van der Waals surface area contributed by atoms with Crippen LogP contribution in [0.1, 0.15) is 30.0 Å². The molecule has 1 aliphatic rings. The number of methoxy groups -OCH3 is 1. The van der Waals surface area contributed by atoms with Gasteiger partial charge in [-0.25, -0.2) is 14.6 Å². The number of hydrogen-bond acceptors (Lipinski definition) is 6. The van der Waals surface area contributed by atoms with Crippen LogP contribution in [0.4, 0.5) is 5.95 Å². The molecule has 2 N–H and O–H groups in total. The fourth-order valence-electron chi connectivity index (χ4n) is 3.69. The van der Waals surface area contributed by atoms with Crippen LogP contribution in [0, 0.1) is 0 Å². The van der Waals surface area contributed by atoms with E-state index < -0.39 is 0 Å². The molecule has 0 atom stereocenters. The van der Waals surface area contributed by atoms with Gasteiger partial charge in [0, 0.05) is 36.7 Å². The van der Waals surface area contributed by atoms with Gasteiger partial charge < -0.3 is 10.5 Å². The second-order valence-electron chi connectivity index (χ2n) is 6.84. The second-order valence-corrected chi connectivity index (χ2v) is 6.84. The molecule has 0 amide bonds. The van der Waals surface area contributed by atoms with Gasteiger partial charge in [-0.2, -0.15) is 5.10 Å². The number of nitrogen functional groups attached to an aromatic ring is 1. The third-order valence-electron chi connectivity index (χ3n) is 5.13. The van der Waals surface area contributed by atoms with Gasteiger partial charge in [-0.1, -0.05) is 0 Å². The Labute approximate surface area is 158 Å². The highest BCUT2D eigenvalue weighted by Crippen LogP contribution is 2.29. The maximum Gasteiger partial charge on any atom is 0.220 e. The van der Waals surface area contributed by atoms with Crippen molar-refractivity contribution in [3.8, 4) is 11.4 Å². The molecule has 7 heteroatoms. The molecule has 0 bridgehead atoms. The fourth-order valence-corrected chi connectivity index (χ4v) is 3.69. The van der Waals surface area contributed by atoms with Crippen LogP contribution in [0.15, 0.2) is 48.9 Å². The summed E-state index contributed by atoms with van der Waals surface area (Å²) in [5.74, 6) is 1.67. The Kier molecular flexibility index (Phi) is 5.02. The van der Waals surface area contributed by atoms with Gasteiger partial charge in [0.15, 0.2) is 0 Å². The van der Waals surface area contributed by atoms with Crippen LogP contribution < -0.4 is 10.5 Å². The summed E-state index contributed by atoms with van der Waals surface area (Å²) in [7, 11) is 1.70. The average Bonchev–Trinajstić information content (AvgIpc) is 3.23. The van der Waals surface area contributed by atoms with Crippen LogP contribution in [-0.2, 0) is 6.54 Å². The molecule has 27 heavy (non-hydrogen) atoms. The van der Waals surface area contributed by atoms with Crippen LogP contribution in [0.3, 0.4) is 0 Å². The van der Waals surface area contributed by atoms with E-state index in [1.807, 2.05) is 29.1 Å². The van der Waals surface area contributed by atoms with Gasteiger partial charge in [-0.05, 0) is 61.8 Å². The molecule has 0 aliphatic carbocycles. The Balaban J connectivity index is 1.47. The lowest BCUT2D eigenvalue weighted by Gasteiger charge is -2.32. The molecule has 3 aromatic rings. The van der Waals surface area contributed by atoms with E-state index in [2.05, 4.69) is 32.1 Å². The third-order valence-corrected chi connectivity index (χ3v) is 5.13. The largest absolute Gasteiger partial charge is 0.497 e. The Morgan fingerprint density at radius 3 is 2.74 bits per heavy atom. The first-order valence-electron chi connectivity index (χ1n) is 9.20. The first-order valence-corrected chi connectivity index (χ1v) is 9.20. The number of likely N-dealkylation sites (tertiary alicyclic amines) is 1. The number of benzene rings is 1. The standard InChI is InChI=1S/C20H24N6O/c1-27-17-3-4-19(26-10-2-8-23-26)16(13-17)14-25-11-6-15(7-12-25)18-5-9-22-20(21)24-18/h2-5,8-10,13,15H,6-7,11-12,14H2,1H3,(H2,21,22,24). The summed E-state index contributed by atoms with van der Waals surface area (Å²) >= 11 is 0. The summed E-state index contributed by atoms with van der Waals surface area (Å²) in [4.78, 5) is 10.9. The van der Waals surface area contributed by atoms with E-state index in [0.717, 1.165) is 49.6 Å². The van der Waals surface area contributed by atoms with Crippen LogP contribution in [0.25, 0.3) is 5.69 Å². The monoisotopic (exact) mass is 364 g/mol. The van der Waals surface area contributed by atoms with Crippen LogP contribution in [0.5, 0.6) is 5.75 Å². The van der Waals surface area contributed by atoms with Gasteiger partial charge in [0.2, 0.25) is 5.95 Å². The molecule has 4 rings (SSSR count). The minimum Gasteiger partial charge on any atom is -0.497 e. The zero-order chi connectivity index (χ0) is 18.6. The predicted octanol–water partition coefficient (Wildman–Crippen LogP) is 2.63. The maximum absolute atomic E-state index is 5.73. The molecular formula is C20H24N6O. The van der Waals surface area contributed by atoms with Gasteiger partial charge >= 0.3 is 0 Å². The molecule has 1 fully saturated rings. The van der Waals surface area contributed by atoms with Crippen LogP contribution in [-0.4, -0.2) is 44.8 Å². The SMILES string of the molecule is COc1ccc(-n2cccn2)c(CN2CCC(c3ccnc(N)n3)CC2)c1. The molecule has 0 saturated carbocycles. The van der Waals surface area contributed by atoms with E-state index >= 15 is 0 Å². The van der Waals surface area contributed by atoms with Crippen molar-refractivity contribution in [3.05, 3.63) is 60.2 Å². The summed E-state index contributed by atoms with van der Waals surface area (Å²) in [5, 5.41) is 4.39. The molecule has 140 valence electrons. The van der Waals surface area contributed by atoms with E-state index in [0.29, 0.717) is 11.9 Å². The van der Waals surface area contributed by atoms with E-state index in [1.165, 1.54) is 5.56 Å². The summed E-state index contributed by atoms with van der Waals surface area (Å²) < 4.78 is 7.34. The third kappa shape index (κ3) is 3.93. The molecule has 1 saturated heterocycles. The number of aromatic nitrogens is 4. The molecule has 1 aliphatic heterocycles. The highest BCUT2D eigenvalue weighted by atomic mass is 16.5. The van der Waals surface area contributed by atoms with Crippen molar-refractivity contribution in [2.24, 2.45) is 0 Å².